The second-order valence-corrected chi connectivity index (χ2v) is 5.83. The minimum absolute atomic E-state index is 0. The number of hydrogen-bond acceptors (Lipinski definition) is 3. The fraction of sp³-hybridized carbons (Fsp3) is 0.600. The van der Waals surface area contributed by atoms with Gasteiger partial charge < -0.3 is 20.1 Å². The number of aryl methyl sites for hydroxylation is 1. The van der Waals surface area contributed by atoms with Gasteiger partial charge in [0.25, 0.3) is 5.91 Å². The van der Waals surface area contributed by atoms with Crippen molar-refractivity contribution in [1.29, 1.82) is 0 Å². The van der Waals surface area contributed by atoms with Crippen LogP contribution in [0.4, 0.5) is 0 Å². The molecule has 2 saturated heterocycles. The van der Waals surface area contributed by atoms with Crippen molar-refractivity contribution in [2.75, 3.05) is 32.7 Å². The van der Waals surface area contributed by atoms with E-state index >= 15 is 0 Å². The molecule has 2 N–H and O–H groups in total. The van der Waals surface area contributed by atoms with Crippen LogP contribution >= 0.6 is 12.4 Å². The third kappa shape index (κ3) is 3.28. The van der Waals surface area contributed by atoms with Gasteiger partial charge in [-0.25, -0.2) is 0 Å². The molecule has 2 amide bonds. The Kier molecular flexibility index (Phi) is 5.47. The number of piperidine rings is 1. The Morgan fingerprint density at radius 3 is 2.86 bits per heavy atom. The van der Waals surface area contributed by atoms with Gasteiger partial charge in [0, 0.05) is 44.1 Å². The average molecular weight is 327 g/mol. The Morgan fingerprint density at radius 2 is 2.18 bits per heavy atom. The molecule has 2 fully saturated rings. The van der Waals surface area contributed by atoms with E-state index in [1.807, 2.05) is 22.8 Å². The molecule has 1 aromatic heterocycles. The van der Waals surface area contributed by atoms with E-state index in [1.54, 1.807) is 6.20 Å². The van der Waals surface area contributed by atoms with Gasteiger partial charge >= 0.3 is 0 Å². The number of nitrogens with zero attached hydrogens (tertiary/aromatic N) is 2. The summed E-state index contributed by atoms with van der Waals surface area (Å²) in [5.74, 6) is 0.222. The highest BCUT2D eigenvalue weighted by Gasteiger charge is 2.32. The maximum Gasteiger partial charge on any atom is 0.255 e. The number of amides is 2. The molecule has 1 aromatic rings. The molecule has 2 aliphatic heterocycles. The number of likely N-dealkylation sites (tertiary alicyclic amines) is 1. The largest absolute Gasteiger partial charge is 0.365 e. The van der Waals surface area contributed by atoms with Gasteiger partial charge in [-0.15, -0.1) is 12.4 Å². The van der Waals surface area contributed by atoms with Crippen LogP contribution in [0.3, 0.4) is 0 Å². The highest BCUT2D eigenvalue weighted by atomic mass is 35.5. The van der Waals surface area contributed by atoms with Crippen molar-refractivity contribution in [3.8, 4) is 0 Å². The number of halogens is 1. The molecule has 6 nitrogen and oxygen atoms in total. The highest BCUT2D eigenvalue weighted by Crippen LogP contribution is 2.19. The lowest BCUT2D eigenvalue weighted by atomic mass is 10.0. The maximum atomic E-state index is 12.6. The predicted molar refractivity (Wildman–Crippen MR) is 86.3 cm³/mol. The molecule has 3 heterocycles. The molecule has 0 bridgehead atoms. The molecule has 0 radical (unpaired) electrons. The quantitative estimate of drug-likeness (QED) is 0.844. The number of piperazine rings is 1. The molecule has 122 valence electrons. The van der Waals surface area contributed by atoms with Gasteiger partial charge in [-0.2, -0.15) is 0 Å². The summed E-state index contributed by atoms with van der Waals surface area (Å²) in [5, 5.41) is 3.09. The smallest absolute Gasteiger partial charge is 0.255 e. The van der Waals surface area contributed by atoms with Crippen LogP contribution in [0.15, 0.2) is 12.3 Å². The summed E-state index contributed by atoms with van der Waals surface area (Å²) in [6, 6.07) is 1.99. The molecule has 3 rings (SSSR count). The van der Waals surface area contributed by atoms with Gasteiger partial charge in [0.1, 0.15) is 0 Å². The molecule has 22 heavy (non-hydrogen) atoms. The molecule has 1 unspecified atom stereocenters. The zero-order valence-electron chi connectivity index (χ0n) is 12.8. The molecule has 0 spiro atoms. The van der Waals surface area contributed by atoms with Crippen molar-refractivity contribution in [2.24, 2.45) is 0 Å². The van der Waals surface area contributed by atoms with E-state index in [9.17, 15) is 9.59 Å². The summed E-state index contributed by atoms with van der Waals surface area (Å²) in [6.45, 7) is 5.34. The summed E-state index contributed by atoms with van der Waals surface area (Å²) in [6.07, 6.45) is 3.74. The fourth-order valence-corrected chi connectivity index (χ4v) is 3.26. The minimum Gasteiger partial charge on any atom is -0.365 e. The van der Waals surface area contributed by atoms with E-state index in [0.29, 0.717) is 13.1 Å². The van der Waals surface area contributed by atoms with Crippen molar-refractivity contribution in [1.82, 2.24) is 20.1 Å². The molecular formula is C15H23ClN4O2. The number of carbonyl (C=O) groups excluding carboxylic acids is 2. The summed E-state index contributed by atoms with van der Waals surface area (Å²) in [4.78, 5) is 31.5. The second-order valence-electron chi connectivity index (χ2n) is 5.83. The first-order chi connectivity index (χ1) is 10.2. The van der Waals surface area contributed by atoms with Crippen LogP contribution in [0.2, 0.25) is 0 Å². The van der Waals surface area contributed by atoms with Crippen molar-refractivity contribution in [3.63, 3.8) is 0 Å². The van der Waals surface area contributed by atoms with Crippen molar-refractivity contribution in [3.05, 3.63) is 23.5 Å². The standard InChI is InChI=1S/C15H22N4O2.ClH/c1-11-13(4-5-17-11)15(21)18-7-2-3-12(10-18)19-8-6-16-9-14(19)20;/h4-5,12,16-17H,2-3,6-10H2,1H3;1H. The third-order valence-corrected chi connectivity index (χ3v) is 4.43. The molecule has 0 aliphatic carbocycles. The maximum absolute atomic E-state index is 12.6. The summed E-state index contributed by atoms with van der Waals surface area (Å²) >= 11 is 0. The van der Waals surface area contributed by atoms with Crippen molar-refractivity contribution < 1.29 is 9.59 Å². The lowest BCUT2D eigenvalue weighted by Crippen LogP contribution is -2.57. The zero-order valence-corrected chi connectivity index (χ0v) is 13.6. The van der Waals surface area contributed by atoms with Crippen LogP contribution < -0.4 is 5.32 Å². The summed E-state index contributed by atoms with van der Waals surface area (Å²) in [7, 11) is 0. The van der Waals surface area contributed by atoms with Crippen LogP contribution in [0.5, 0.6) is 0 Å². The number of aromatic nitrogens is 1. The Balaban J connectivity index is 0.00000176. The first-order valence-electron chi connectivity index (χ1n) is 7.60. The SMILES string of the molecule is Cc1[nH]ccc1C(=O)N1CCCC(N2CCNCC2=O)C1.Cl. The number of nitrogens with one attached hydrogen (secondary N) is 2. The van der Waals surface area contributed by atoms with E-state index < -0.39 is 0 Å². The van der Waals surface area contributed by atoms with Gasteiger partial charge in [0.2, 0.25) is 5.91 Å². The normalized spacial score (nSPS) is 22.4. The van der Waals surface area contributed by atoms with Gasteiger partial charge in [-0.1, -0.05) is 0 Å². The van der Waals surface area contributed by atoms with Gasteiger partial charge in [0.15, 0.2) is 0 Å². The first-order valence-corrected chi connectivity index (χ1v) is 7.60. The Morgan fingerprint density at radius 1 is 1.36 bits per heavy atom. The predicted octanol–water partition coefficient (Wildman–Crippen LogP) is 0.781. The van der Waals surface area contributed by atoms with Crippen molar-refractivity contribution in [2.45, 2.75) is 25.8 Å². The number of carbonyl (C=O) groups is 2. The number of H-pyrrole nitrogens is 1. The zero-order chi connectivity index (χ0) is 14.8. The lowest BCUT2D eigenvalue weighted by Gasteiger charge is -2.41. The Hall–Kier alpha value is -1.53. The topological polar surface area (TPSA) is 68.4 Å². The van der Waals surface area contributed by atoms with Crippen LogP contribution in [0, 0.1) is 6.92 Å². The molecule has 7 heteroatoms. The first kappa shape index (κ1) is 16.8. The van der Waals surface area contributed by atoms with Crippen molar-refractivity contribution >= 4 is 24.2 Å². The van der Waals surface area contributed by atoms with Crippen LogP contribution in [0.1, 0.15) is 28.9 Å². The minimum atomic E-state index is 0. The van der Waals surface area contributed by atoms with Crippen LogP contribution in [-0.4, -0.2) is 65.4 Å². The molecular weight excluding hydrogens is 304 g/mol. The van der Waals surface area contributed by atoms with Gasteiger partial charge in [-0.05, 0) is 25.8 Å². The molecule has 0 aromatic carbocycles. The molecule has 0 saturated carbocycles. The van der Waals surface area contributed by atoms with E-state index in [-0.39, 0.29) is 30.3 Å². The van der Waals surface area contributed by atoms with Gasteiger partial charge in [0.05, 0.1) is 12.1 Å². The summed E-state index contributed by atoms with van der Waals surface area (Å²) < 4.78 is 0. The lowest BCUT2D eigenvalue weighted by molar-refractivity contribution is -0.135. The Labute approximate surface area is 136 Å². The monoisotopic (exact) mass is 326 g/mol. The van der Waals surface area contributed by atoms with E-state index in [1.165, 1.54) is 0 Å². The Bertz CT molecular complexity index is 545. The fourth-order valence-electron chi connectivity index (χ4n) is 3.26. The van der Waals surface area contributed by atoms with Crippen LogP contribution in [0.25, 0.3) is 0 Å². The number of aromatic amines is 1. The highest BCUT2D eigenvalue weighted by molar-refractivity contribution is 5.95. The van der Waals surface area contributed by atoms with E-state index in [2.05, 4.69) is 10.3 Å². The number of hydrogen-bond donors (Lipinski definition) is 2. The third-order valence-electron chi connectivity index (χ3n) is 4.43. The van der Waals surface area contributed by atoms with Gasteiger partial charge in [-0.3, -0.25) is 9.59 Å². The van der Waals surface area contributed by atoms with E-state index in [4.69, 9.17) is 0 Å². The summed E-state index contributed by atoms with van der Waals surface area (Å²) in [5.41, 5.74) is 1.64. The molecule has 1 atom stereocenters. The second kappa shape index (κ2) is 7.15. The van der Waals surface area contributed by atoms with E-state index in [0.717, 1.165) is 43.7 Å². The van der Waals surface area contributed by atoms with Crippen LogP contribution in [-0.2, 0) is 4.79 Å². The average Bonchev–Trinajstić information content (AvgIpc) is 2.93. The molecule has 2 aliphatic rings. The number of rotatable bonds is 2.